The molecule has 110 valence electrons. The van der Waals surface area contributed by atoms with E-state index in [0.29, 0.717) is 6.42 Å². The minimum atomic E-state index is -3.89. The molecule has 0 radical (unpaired) electrons. The topological polar surface area (TPSA) is 46.2 Å². The average molecular weight is 309 g/mol. The molecule has 6 heteroatoms. The monoisotopic (exact) mass is 309 g/mol. The van der Waals surface area contributed by atoms with Crippen LogP contribution in [0.25, 0.3) is 11.1 Å². The van der Waals surface area contributed by atoms with Crippen LogP contribution in [-0.2, 0) is 16.4 Å². The lowest BCUT2D eigenvalue weighted by Crippen LogP contribution is -2.28. The number of hydrogen-bond donors (Lipinski definition) is 1. The molecule has 0 bridgehead atoms. The SMILES string of the molecule is O=S(=O)(NCC(F)F)c1ccc2c(c1)Cc1ccccc1-2. The number of fused-ring (bicyclic) bond motifs is 3. The van der Waals surface area contributed by atoms with E-state index in [-0.39, 0.29) is 4.90 Å². The van der Waals surface area contributed by atoms with E-state index in [9.17, 15) is 17.2 Å². The van der Waals surface area contributed by atoms with E-state index < -0.39 is 23.0 Å². The lowest BCUT2D eigenvalue weighted by atomic mass is 10.1. The number of rotatable bonds is 4. The molecule has 1 N–H and O–H groups in total. The molecule has 0 aliphatic heterocycles. The molecule has 0 unspecified atom stereocenters. The van der Waals surface area contributed by atoms with Gasteiger partial charge in [-0.3, -0.25) is 0 Å². The van der Waals surface area contributed by atoms with Crippen molar-refractivity contribution in [2.24, 2.45) is 0 Å². The predicted octanol–water partition coefficient (Wildman–Crippen LogP) is 2.80. The molecule has 0 saturated carbocycles. The van der Waals surface area contributed by atoms with Gasteiger partial charge in [0.05, 0.1) is 11.4 Å². The fourth-order valence-corrected chi connectivity index (χ4v) is 3.60. The smallest absolute Gasteiger partial charge is 0.209 e. The van der Waals surface area contributed by atoms with Gasteiger partial charge in [-0.1, -0.05) is 30.3 Å². The number of hydrogen-bond acceptors (Lipinski definition) is 2. The number of nitrogens with one attached hydrogen (secondary N) is 1. The molecule has 2 aromatic rings. The van der Waals surface area contributed by atoms with E-state index in [0.717, 1.165) is 22.3 Å². The Balaban J connectivity index is 1.94. The minimum Gasteiger partial charge on any atom is -0.209 e. The van der Waals surface area contributed by atoms with Crippen molar-refractivity contribution >= 4 is 10.0 Å². The second kappa shape index (κ2) is 5.20. The van der Waals surface area contributed by atoms with Crippen molar-refractivity contribution in [1.29, 1.82) is 0 Å². The standard InChI is InChI=1S/C15H13F2NO2S/c16-15(17)9-18-21(19,20)12-5-6-14-11(8-12)7-10-3-1-2-4-13(10)14/h1-6,8,15,18H,7,9H2. The Bertz CT molecular complexity index is 788. The maximum Gasteiger partial charge on any atom is 0.251 e. The number of alkyl halides is 2. The zero-order chi connectivity index (χ0) is 15.0. The summed E-state index contributed by atoms with van der Waals surface area (Å²) in [6.45, 7) is -0.875. The first-order valence-corrected chi connectivity index (χ1v) is 7.95. The average Bonchev–Trinajstić information content (AvgIpc) is 2.83. The van der Waals surface area contributed by atoms with Gasteiger partial charge in [-0.25, -0.2) is 21.9 Å². The van der Waals surface area contributed by atoms with Crippen LogP contribution in [0.5, 0.6) is 0 Å². The van der Waals surface area contributed by atoms with Gasteiger partial charge in [-0.2, -0.15) is 0 Å². The Morgan fingerprint density at radius 3 is 2.52 bits per heavy atom. The van der Waals surface area contributed by atoms with Crippen LogP contribution >= 0.6 is 0 Å². The van der Waals surface area contributed by atoms with Gasteiger partial charge in [0.2, 0.25) is 10.0 Å². The number of benzene rings is 2. The molecular formula is C15H13F2NO2S. The summed E-state index contributed by atoms with van der Waals surface area (Å²) in [4.78, 5) is 0.0229. The Kier molecular flexibility index (Phi) is 3.51. The summed E-state index contributed by atoms with van der Waals surface area (Å²) < 4.78 is 50.1. The Hall–Kier alpha value is -1.79. The van der Waals surface area contributed by atoms with E-state index in [2.05, 4.69) is 0 Å². The molecule has 3 rings (SSSR count). The first kappa shape index (κ1) is 14.2. The molecule has 0 saturated heterocycles. The van der Waals surface area contributed by atoms with E-state index in [1.54, 1.807) is 12.1 Å². The van der Waals surface area contributed by atoms with Gasteiger partial charge in [-0.15, -0.1) is 0 Å². The third kappa shape index (κ3) is 2.69. The molecule has 0 atom stereocenters. The van der Waals surface area contributed by atoms with Crippen molar-refractivity contribution < 1.29 is 17.2 Å². The van der Waals surface area contributed by atoms with Crippen molar-refractivity contribution in [3.8, 4) is 11.1 Å². The molecule has 21 heavy (non-hydrogen) atoms. The fraction of sp³-hybridized carbons (Fsp3) is 0.200. The molecule has 0 aromatic heterocycles. The number of sulfonamides is 1. The van der Waals surface area contributed by atoms with Crippen molar-refractivity contribution in [3.63, 3.8) is 0 Å². The molecule has 1 aliphatic rings. The first-order valence-electron chi connectivity index (χ1n) is 6.46. The summed E-state index contributed by atoms with van der Waals surface area (Å²) in [5.41, 5.74) is 4.13. The van der Waals surface area contributed by atoms with Crippen molar-refractivity contribution in [2.45, 2.75) is 17.7 Å². The lowest BCUT2D eigenvalue weighted by Gasteiger charge is -2.08. The predicted molar refractivity (Wildman–Crippen MR) is 75.9 cm³/mol. The minimum absolute atomic E-state index is 0.0229. The maximum absolute atomic E-state index is 12.2. The molecule has 2 aromatic carbocycles. The molecule has 0 amide bonds. The van der Waals surface area contributed by atoms with Gasteiger partial charge in [0.15, 0.2) is 0 Å². The highest BCUT2D eigenvalue weighted by Gasteiger charge is 2.22. The Labute approximate surface area is 121 Å². The molecule has 1 aliphatic carbocycles. The van der Waals surface area contributed by atoms with Crippen molar-refractivity contribution in [2.75, 3.05) is 6.54 Å². The largest absolute Gasteiger partial charge is 0.251 e. The van der Waals surface area contributed by atoms with Gasteiger partial charge >= 0.3 is 0 Å². The van der Waals surface area contributed by atoms with Crippen LogP contribution in [0.1, 0.15) is 11.1 Å². The summed E-state index contributed by atoms with van der Waals surface area (Å²) in [6.07, 6.45) is -2.05. The quantitative estimate of drug-likeness (QED) is 0.805. The van der Waals surface area contributed by atoms with Crippen LogP contribution in [0.3, 0.4) is 0 Å². The molecule has 3 nitrogen and oxygen atoms in total. The number of halogens is 2. The van der Waals surface area contributed by atoms with Crippen molar-refractivity contribution in [1.82, 2.24) is 4.72 Å². The van der Waals surface area contributed by atoms with Crippen LogP contribution in [0.4, 0.5) is 8.78 Å². The van der Waals surface area contributed by atoms with E-state index >= 15 is 0 Å². The summed E-state index contributed by atoms with van der Waals surface area (Å²) in [7, 11) is -3.89. The van der Waals surface area contributed by atoms with E-state index in [1.165, 1.54) is 6.07 Å². The third-order valence-corrected chi connectivity index (χ3v) is 4.92. The van der Waals surface area contributed by atoms with Crippen LogP contribution in [0, 0.1) is 0 Å². The second-order valence-electron chi connectivity index (χ2n) is 4.90. The zero-order valence-corrected chi connectivity index (χ0v) is 11.8. The normalized spacial score (nSPS) is 13.3. The first-order chi connectivity index (χ1) is 9.97. The van der Waals surface area contributed by atoms with Gasteiger partial charge < -0.3 is 0 Å². The van der Waals surface area contributed by atoms with Gasteiger partial charge in [0, 0.05) is 0 Å². The van der Waals surface area contributed by atoms with E-state index in [1.807, 2.05) is 29.0 Å². The van der Waals surface area contributed by atoms with Crippen molar-refractivity contribution in [3.05, 3.63) is 53.6 Å². The van der Waals surface area contributed by atoms with Crippen LogP contribution < -0.4 is 4.72 Å². The third-order valence-electron chi connectivity index (χ3n) is 3.50. The summed E-state index contributed by atoms with van der Waals surface area (Å²) >= 11 is 0. The van der Waals surface area contributed by atoms with E-state index in [4.69, 9.17) is 0 Å². The Morgan fingerprint density at radius 2 is 1.76 bits per heavy atom. The maximum atomic E-state index is 12.2. The van der Waals surface area contributed by atoms with Crippen LogP contribution in [0.2, 0.25) is 0 Å². The highest BCUT2D eigenvalue weighted by atomic mass is 32.2. The molecular weight excluding hydrogens is 296 g/mol. The molecule has 0 fully saturated rings. The highest BCUT2D eigenvalue weighted by molar-refractivity contribution is 7.89. The van der Waals surface area contributed by atoms with Crippen LogP contribution in [0.15, 0.2) is 47.4 Å². The fourth-order valence-electron chi connectivity index (χ4n) is 2.54. The second-order valence-corrected chi connectivity index (χ2v) is 6.66. The summed E-state index contributed by atoms with van der Waals surface area (Å²) in [5, 5.41) is 0. The van der Waals surface area contributed by atoms with Crippen LogP contribution in [-0.4, -0.2) is 21.4 Å². The van der Waals surface area contributed by atoms with Gasteiger partial charge in [-0.05, 0) is 40.8 Å². The van der Waals surface area contributed by atoms with Gasteiger partial charge in [0.1, 0.15) is 0 Å². The summed E-state index contributed by atoms with van der Waals surface area (Å²) in [6, 6.07) is 12.6. The summed E-state index contributed by atoms with van der Waals surface area (Å²) in [5.74, 6) is 0. The lowest BCUT2D eigenvalue weighted by molar-refractivity contribution is 0.153. The molecule has 0 spiro atoms. The van der Waals surface area contributed by atoms with Gasteiger partial charge in [0.25, 0.3) is 6.43 Å². The Morgan fingerprint density at radius 1 is 1.05 bits per heavy atom. The zero-order valence-electron chi connectivity index (χ0n) is 11.0. The highest BCUT2D eigenvalue weighted by Crippen LogP contribution is 2.37. The molecule has 0 heterocycles.